The second-order valence-electron chi connectivity index (χ2n) is 6.85. The van der Waals surface area contributed by atoms with Crippen LogP contribution in [0.2, 0.25) is 0 Å². The van der Waals surface area contributed by atoms with Crippen molar-refractivity contribution in [2.24, 2.45) is 0 Å². The van der Waals surface area contributed by atoms with Gasteiger partial charge in [0.05, 0.1) is 13.2 Å². The van der Waals surface area contributed by atoms with Crippen LogP contribution in [0.3, 0.4) is 0 Å². The minimum Gasteiger partial charge on any atom is -0.457 e. The Labute approximate surface area is 174 Å². The van der Waals surface area contributed by atoms with E-state index < -0.39 is 0 Å². The highest BCUT2D eigenvalue weighted by Crippen LogP contribution is 2.23. The maximum absolute atomic E-state index is 13.1. The van der Waals surface area contributed by atoms with Crippen LogP contribution in [-0.2, 0) is 9.53 Å². The maximum Gasteiger partial charge on any atom is 0.270 e. The summed E-state index contributed by atoms with van der Waals surface area (Å²) in [4.78, 5) is 27.4. The van der Waals surface area contributed by atoms with Gasteiger partial charge in [0, 0.05) is 30.3 Å². The van der Waals surface area contributed by atoms with Gasteiger partial charge in [0.2, 0.25) is 0 Å². The molecule has 3 aromatic rings. The van der Waals surface area contributed by atoms with E-state index >= 15 is 0 Å². The standard InChI is InChI=1S/C24H22N2O4/c27-23(19-9-5-2-6-10-19)25-21(24(28)26-13-15-29-16-14-26)17-20-11-12-22(30-20)18-7-3-1-4-8-18/h1-12,17H,13-16H2,(H,25,27)/b21-17-. The minimum absolute atomic E-state index is 0.166. The number of ether oxygens (including phenoxy) is 1. The van der Waals surface area contributed by atoms with Gasteiger partial charge in [0.25, 0.3) is 11.8 Å². The Hall–Kier alpha value is -3.64. The number of furan rings is 1. The third kappa shape index (κ3) is 4.67. The first-order valence-corrected chi connectivity index (χ1v) is 9.81. The average molecular weight is 402 g/mol. The number of carbonyl (C=O) groups is 2. The molecule has 1 aliphatic heterocycles. The van der Waals surface area contributed by atoms with Crippen LogP contribution in [0.1, 0.15) is 16.1 Å². The van der Waals surface area contributed by atoms with E-state index in [9.17, 15) is 9.59 Å². The van der Waals surface area contributed by atoms with E-state index in [4.69, 9.17) is 9.15 Å². The Kier molecular flexibility index (Phi) is 6.06. The van der Waals surface area contributed by atoms with Crippen LogP contribution < -0.4 is 5.32 Å². The summed E-state index contributed by atoms with van der Waals surface area (Å²) >= 11 is 0. The van der Waals surface area contributed by atoms with Gasteiger partial charge in [-0.3, -0.25) is 9.59 Å². The van der Waals surface area contributed by atoms with E-state index in [1.165, 1.54) is 0 Å². The van der Waals surface area contributed by atoms with Crippen molar-refractivity contribution >= 4 is 17.9 Å². The molecule has 0 aliphatic carbocycles. The Balaban J connectivity index is 1.61. The van der Waals surface area contributed by atoms with Crippen molar-refractivity contribution in [2.75, 3.05) is 26.3 Å². The molecule has 30 heavy (non-hydrogen) atoms. The summed E-state index contributed by atoms with van der Waals surface area (Å²) in [6.45, 7) is 1.91. The lowest BCUT2D eigenvalue weighted by molar-refractivity contribution is -0.131. The molecular formula is C24H22N2O4. The van der Waals surface area contributed by atoms with Crippen LogP contribution in [0.4, 0.5) is 0 Å². The highest BCUT2D eigenvalue weighted by molar-refractivity contribution is 6.05. The predicted molar refractivity (Wildman–Crippen MR) is 113 cm³/mol. The normalized spacial score (nSPS) is 14.4. The molecule has 0 radical (unpaired) electrons. The molecule has 2 heterocycles. The fourth-order valence-corrected chi connectivity index (χ4v) is 3.20. The first-order valence-electron chi connectivity index (χ1n) is 9.81. The first kappa shape index (κ1) is 19.7. The summed E-state index contributed by atoms with van der Waals surface area (Å²) < 4.78 is 11.2. The number of hydrogen-bond donors (Lipinski definition) is 1. The van der Waals surface area contributed by atoms with E-state index in [1.54, 1.807) is 41.3 Å². The van der Waals surface area contributed by atoms with Crippen LogP contribution in [0, 0.1) is 0 Å². The third-order valence-corrected chi connectivity index (χ3v) is 4.78. The molecule has 0 unspecified atom stereocenters. The van der Waals surface area contributed by atoms with Gasteiger partial charge in [-0.25, -0.2) is 0 Å². The topological polar surface area (TPSA) is 71.8 Å². The largest absolute Gasteiger partial charge is 0.457 e. The van der Waals surface area contributed by atoms with Crippen molar-refractivity contribution in [3.8, 4) is 11.3 Å². The maximum atomic E-state index is 13.1. The molecule has 0 spiro atoms. The SMILES string of the molecule is O=C(N/C(=C\c1ccc(-c2ccccc2)o1)C(=O)N1CCOCC1)c1ccccc1. The van der Waals surface area contributed by atoms with Crippen molar-refractivity contribution in [1.29, 1.82) is 0 Å². The first-order chi connectivity index (χ1) is 14.7. The quantitative estimate of drug-likeness (QED) is 0.662. The highest BCUT2D eigenvalue weighted by atomic mass is 16.5. The lowest BCUT2D eigenvalue weighted by Gasteiger charge is -2.27. The number of amides is 2. The van der Waals surface area contributed by atoms with Crippen molar-refractivity contribution in [3.63, 3.8) is 0 Å². The molecule has 0 bridgehead atoms. The van der Waals surface area contributed by atoms with Gasteiger partial charge in [0.15, 0.2) is 0 Å². The fourth-order valence-electron chi connectivity index (χ4n) is 3.20. The lowest BCUT2D eigenvalue weighted by atomic mass is 10.2. The van der Waals surface area contributed by atoms with Gasteiger partial charge in [-0.15, -0.1) is 0 Å². The molecule has 152 valence electrons. The molecule has 2 aromatic carbocycles. The van der Waals surface area contributed by atoms with Crippen molar-refractivity contribution in [3.05, 3.63) is 89.8 Å². The molecular weight excluding hydrogens is 380 g/mol. The summed E-state index contributed by atoms with van der Waals surface area (Å²) in [5.74, 6) is 0.562. The van der Waals surface area contributed by atoms with Gasteiger partial charge in [-0.05, 0) is 24.3 Å². The Bertz CT molecular complexity index is 1040. The minimum atomic E-state index is -0.349. The van der Waals surface area contributed by atoms with E-state index in [0.717, 1.165) is 5.56 Å². The smallest absolute Gasteiger partial charge is 0.270 e. The van der Waals surface area contributed by atoms with Gasteiger partial charge in [-0.1, -0.05) is 48.5 Å². The molecule has 0 saturated carbocycles. The predicted octanol–water partition coefficient (Wildman–Crippen LogP) is 3.58. The van der Waals surface area contributed by atoms with E-state index in [0.29, 0.717) is 43.4 Å². The Morgan fingerprint density at radius 1 is 0.867 bits per heavy atom. The second-order valence-corrected chi connectivity index (χ2v) is 6.85. The third-order valence-electron chi connectivity index (χ3n) is 4.78. The summed E-state index contributed by atoms with van der Waals surface area (Å²) in [5, 5.41) is 2.76. The Morgan fingerprint density at radius 2 is 1.53 bits per heavy atom. The number of morpholine rings is 1. The summed E-state index contributed by atoms with van der Waals surface area (Å²) in [7, 11) is 0. The number of rotatable bonds is 5. The van der Waals surface area contributed by atoms with Crippen LogP contribution in [-0.4, -0.2) is 43.0 Å². The number of hydrogen-bond acceptors (Lipinski definition) is 4. The van der Waals surface area contributed by atoms with Crippen molar-refractivity contribution in [1.82, 2.24) is 10.2 Å². The second kappa shape index (κ2) is 9.24. The molecule has 1 aliphatic rings. The zero-order valence-corrected chi connectivity index (χ0v) is 16.4. The van der Waals surface area contributed by atoms with Crippen molar-refractivity contribution < 1.29 is 18.7 Å². The van der Waals surface area contributed by atoms with Gasteiger partial charge < -0.3 is 19.4 Å². The molecule has 1 saturated heterocycles. The fraction of sp³-hybridized carbons (Fsp3) is 0.167. The van der Waals surface area contributed by atoms with Crippen LogP contribution >= 0.6 is 0 Å². The molecule has 1 aromatic heterocycles. The number of nitrogens with zero attached hydrogens (tertiary/aromatic N) is 1. The number of nitrogens with one attached hydrogen (secondary N) is 1. The van der Waals surface area contributed by atoms with E-state index in [1.807, 2.05) is 42.5 Å². The molecule has 4 rings (SSSR count). The van der Waals surface area contributed by atoms with Crippen LogP contribution in [0.15, 0.2) is 82.9 Å². The average Bonchev–Trinajstić information content (AvgIpc) is 3.28. The Morgan fingerprint density at radius 3 is 2.23 bits per heavy atom. The molecule has 0 atom stereocenters. The molecule has 6 nitrogen and oxygen atoms in total. The van der Waals surface area contributed by atoms with Gasteiger partial charge >= 0.3 is 0 Å². The monoisotopic (exact) mass is 402 g/mol. The number of benzene rings is 2. The summed E-state index contributed by atoms with van der Waals surface area (Å²) in [6.07, 6.45) is 1.57. The van der Waals surface area contributed by atoms with Gasteiger partial charge in [0.1, 0.15) is 17.2 Å². The van der Waals surface area contributed by atoms with Crippen LogP contribution in [0.25, 0.3) is 17.4 Å². The molecule has 2 amide bonds. The molecule has 1 N–H and O–H groups in total. The molecule has 6 heteroatoms. The van der Waals surface area contributed by atoms with Crippen LogP contribution in [0.5, 0.6) is 0 Å². The zero-order valence-electron chi connectivity index (χ0n) is 16.4. The van der Waals surface area contributed by atoms with E-state index in [-0.39, 0.29) is 17.5 Å². The van der Waals surface area contributed by atoms with E-state index in [2.05, 4.69) is 5.32 Å². The molecule has 1 fully saturated rings. The lowest BCUT2D eigenvalue weighted by Crippen LogP contribution is -2.44. The van der Waals surface area contributed by atoms with Crippen molar-refractivity contribution in [2.45, 2.75) is 0 Å². The highest BCUT2D eigenvalue weighted by Gasteiger charge is 2.23. The zero-order chi connectivity index (χ0) is 20.8. The summed E-state index contributed by atoms with van der Waals surface area (Å²) in [5.41, 5.74) is 1.58. The number of carbonyl (C=O) groups excluding carboxylic acids is 2. The van der Waals surface area contributed by atoms with Gasteiger partial charge in [-0.2, -0.15) is 0 Å². The summed E-state index contributed by atoms with van der Waals surface area (Å²) in [6, 6.07) is 22.1.